The third-order valence-corrected chi connectivity index (χ3v) is 2.53. The standard InChI is InChI=1S/C12H26O2.C4H8O3/c1-7-9-11(3,4)13-14-12(5,6)10-8-2;1-3(2)7-4(5)6/h7-10H2,1-6H3;3H,1-2H3,(H,5,6). The summed E-state index contributed by atoms with van der Waals surface area (Å²) in [4.78, 5) is 20.6. The van der Waals surface area contributed by atoms with Crippen LogP contribution in [0.4, 0.5) is 4.79 Å². The Hall–Kier alpha value is -0.810. The molecule has 0 amide bonds. The molecule has 5 nitrogen and oxygen atoms in total. The lowest BCUT2D eigenvalue weighted by Gasteiger charge is -2.30. The van der Waals surface area contributed by atoms with Crippen molar-refractivity contribution in [2.24, 2.45) is 0 Å². The van der Waals surface area contributed by atoms with E-state index in [9.17, 15) is 4.79 Å². The molecule has 0 aromatic heterocycles. The van der Waals surface area contributed by atoms with Crippen LogP contribution >= 0.6 is 0 Å². The second kappa shape index (κ2) is 10.9. The van der Waals surface area contributed by atoms with Crippen molar-refractivity contribution in [2.45, 2.75) is 98.4 Å². The molecular formula is C16H34O5. The van der Waals surface area contributed by atoms with Gasteiger partial charge in [0.25, 0.3) is 0 Å². The molecule has 0 aliphatic carbocycles. The van der Waals surface area contributed by atoms with Crippen LogP contribution in [-0.2, 0) is 14.5 Å². The maximum Gasteiger partial charge on any atom is 0.506 e. The Morgan fingerprint density at radius 1 is 0.952 bits per heavy atom. The Morgan fingerprint density at radius 2 is 1.29 bits per heavy atom. The normalized spacial score (nSPS) is 11.9. The fourth-order valence-corrected chi connectivity index (χ4v) is 1.71. The Bertz CT molecular complexity index is 254. The van der Waals surface area contributed by atoms with E-state index in [0.717, 1.165) is 25.7 Å². The smallest absolute Gasteiger partial charge is 0.450 e. The third-order valence-electron chi connectivity index (χ3n) is 2.53. The van der Waals surface area contributed by atoms with Gasteiger partial charge in [-0.15, -0.1) is 0 Å². The van der Waals surface area contributed by atoms with E-state index >= 15 is 0 Å². The molecule has 0 aliphatic rings. The van der Waals surface area contributed by atoms with Crippen molar-refractivity contribution in [1.29, 1.82) is 0 Å². The Labute approximate surface area is 129 Å². The molecule has 0 fully saturated rings. The summed E-state index contributed by atoms with van der Waals surface area (Å²) in [5.74, 6) is 0. The summed E-state index contributed by atoms with van der Waals surface area (Å²) in [5.41, 5.74) is -0.334. The molecule has 1 N–H and O–H groups in total. The summed E-state index contributed by atoms with van der Waals surface area (Å²) in [6.45, 7) is 15.9. The van der Waals surface area contributed by atoms with Crippen LogP contribution in [0.25, 0.3) is 0 Å². The summed E-state index contributed by atoms with van der Waals surface area (Å²) < 4.78 is 4.17. The quantitative estimate of drug-likeness (QED) is 0.380. The van der Waals surface area contributed by atoms with E-state index in [1.54, 1.807) is 13.8 Å². The van der Waals surface area contributed by atoms with E-state index in [2.05, 4.69) is 46.3 Å². The molecule has 128 valence electrons. The number of ether oxygens (including phenoxy) is 1. The predicted octanol–water partition coefficient (Wildman–Crippen LogP) is 5.18. The lowest BCUT2D eigenvalue weighted by molar-refractivity contribution is -0.402. The number of rotatable bonds is 8. The van der Waals surface area contributed by atoms with E-state index < -0.39 is 6.16 Å². The number of hydrogen-bond donors (Lipinski definition) is 1. The molecule has 21 heavy (non-hydrogen) atoms. The van der Waals surface area contributed by atoms with Crippen LogP contribution in [0.15, 0.2) is 0 Å². The summed E-state index contributed by atoms with van der Waals surface area (Å²) in [7, 11) is 0. The second-order valence-electron chi connectivity index (χ2n) is 6.62. The van der Waals surface area contributed by atoms with Crippen molar-refractivity contribution < 1.29 is 24.4 Å². The average molecular weight is 306 g/mol. The molecule has 0 heterocycles. The molecule has 0 saturated carbocycles. The Morgan fingerprint density at radius 3 is 1.43 bits per heavy atom. The van der Waals surface area contributed by atoms with Gasteiger partial charge in [-0.25, -0.2) is 14.6 Å². The SMILES string of the molecule is CC(C)OC(=O)O.CCCC(C)(C)OOC(C)(C)CCC. The lowest BCUT2D eigenvalue weighted by Crippen LogP contribution is -2.32. The van der Waals surface area contributed by atoms with Gasteiger partial charge in [0, 0.05) is 0 Å². The predicted molar refractivity (Wildman–Crippen MR) is 84.4 cm³/mol. The highest BCUT2D eigenvalue weighted by Crippen LogP contribution is 2.23. The molecular weight excluding hydrogens is 272 g/mol. The zero-order valence-electron chi connectivity index (χ0n) is 15.0. The van der Waals surface area contributed by atoms with E-state index in [4.69, 9.17) is 14.9 Å². The largest absolute Gasteiger partial charge is 0.506 e. The second-order valence-corrected chi connectivity index (χ2v) is 6.62. The van der Waals surface area contributed by atoms with Crippen molar-refractivity contribution in [2.75, 3.05) is 0 Å². The summed E-state index contributed by atoms with van der Waals surface area (Å²) >= 11 is 0. The van der Waals surface area contributed by atoms with Crippen LogP contribution in [-0.4, -0.2) is 28.6 Å². The first-order valence-electron chi connectivity index (χ1n) is 7.72. The van der Waals surface area contributed by atoms with Crippen molar-refractivity contribution in [3.05, 3.63) is 0 Å². The van der Waals surface area contributed by atoms with Crippen LogP contribution < -0.4 is 0 Å². The zero-order valence-corrected chi connectivity index (χ0v) is 15.0. The molecule has 5 heteroatoms. The lowest BCUT2D eigenvalue weighted by atomic mass is 10.0. The molecule has 0 radical (unpaired) electrons. The van der Waals surface area contributed by atoms with E-state index in [-0.39, 0.29) is 17.3 Å². The van der Waals surface area contributed by atoms with Gasteiger partial charge in [0.1, 0.15) is 0 Å². The maximum absolute atomic E-state index is 9.59. The number of carboxylic acid groups (broad SMARTS) is 1. The minimum atomic E-state index is -1.21. The Kier molecular flexibility index (Phi) is 11.6. The van der Waals surface area contributed by atoms with E-state index in [0.29, 0.717) is 0 Å². The molecule has 0 aromatic carbocycles. The molecule has 0 atom stereocenters. The zero-order chi connectivity index (χ0) is 17.1. The van der Waals surface area contributed by atoms with Gasteiger partial charge in [0.2, 0.25) is 0 Å². The van der Waals surface area contributed by atoms with Crippen LogP contribution in [0.1, 0.15) is 81.1 Å². The first kappa shape index (κ1) is 22.5. The molecule has 0 aromatic rings. The van der Waals surface area contributed by atoms with Crippen LogP contribution in [0.2, 0.25) is 0 Å². The molecule has 0 unspecified atom stereocenters. The minimum absolute atomic E-state index is 0.167. The van der Waals surface area contributed by atoms with Gasteiger partial charge in [-0.2, -0.15) is 0 Å². The molecule has 0 spiro atoms. The average Bonchev–Trinajstić information content (AvgIpc) is 2.25. The van der Waals surface area contributed by atoms with Crippen molar-refractivity contribution in [1.82, 2.24) is 0 Å². The maximum atomic E-state index is 9.59. The third kappa shape index (κ3) is 17.1. The van der Waals surface area contributed by atoms with Gasteiger partial charge in [0.05, 0.1) is 17.3 Å². The molecule has 0 aliphatic heterocycles. The first-order valence-corrected chi connectivity index (χ1v) is 7.72. The van der Waals surface area contributed by atoms with E-state index in [1.807, 2.05) is 0 Å². The fraction of sp³-hybridized carbons (Fsp3) is 0.938. The minimum Gasteiger partial charge on any atom is -0.450 e. The van der Waals surface area contributed by atoms with Crippen molar-refractivity contribution >= 4 is 6.16 Å². The van der Waals surface area contributed by atoms with Crippen LogP contribution in [0, 0.1) is 0 Å². The van der Waals surface area contributed by atoms with Gasteiger partial charge in [-0.3, -0.25) is 0 Å². The van der Waals surface area contributed by atoms with E-state index in [1.165, 1.54) is 0 Å². The summed E-state index contributed by atoms with van der Waals surface area (Å²) in [6.07, 6.45) is 2.84. The molecule has 0 bridgehead atoms. The van der Waals surface area contributed by atoms with Gasteiger partial charge < -0.3 is 9.84 Å². The molecule has 0 saturated heterocycles. The van der Waals surface area contributed by atoms with Gasteiger partial charge >= 0.3 is 6.16 Å². The van der Waals surface area contributed by atoms with Crippen LogP contribution in [0.3, 0.4) is 0 Å². The van der Waals surface area contributed by atoms with Gasteiger partial charge in [-0.05, 0) is 54.4 Å². The molecule has 0 rings (SSSR count). The summed E-state index contributed by atoms with van der Waals surface area (Å²) in [6, 6.07) is 0. The fourth-order valence-electron chi connectivity index (χ4n) is 1.71. The number of hydrogen-bond acceptors (Lipinski definition) is 4. The highest BCUT2D eigenvalue weighted by atomic mass is 17.2. The summed E-state index contributed by atoms with van der Waals surface area (Å²) in [5, 5.41) is 7.86. The van der Waals surface area contributed by atoms with Gasteiger partial charge in [-0.1, -0.05) is 26.7 Å². The van der Waals surface area contributed by atoms with Crippen molar-refractivity contribution in [3.8, 4) is 0 Å². The van der Waals surface area contributed by atoms with Crippen molar-refractivity contribution in [3.63, 3.8) is 0 Å². The first-order chi connectivity index (χ1) is 9.45. The topological polar surface area (TPSA) is 65.0 Å². The van der Waals surface area contributed by atoms with Crippen LogP contribution in [0.5, 0.6) is 0 Å². The highest BCUT2D eigenvalue weighted by molar-refractivity contribution is 5.56. The highest BCUT2D eigenvalue weighted by Gasteiger charge is 2.25. The number of carbonyl (C=O) groups is 1. The van der Waals surface area contributed by atoms with Gasteiger partial charge in [0.15, 0.2) is 0 Å². The monoisotopic (exact) mass is 306 g/mol. The Balaban J connectivity index is 0.